The minimum Gasteiger partial charge on any atom is -0.491 e. The molecule has 0 bridgehead atoms. The molecule has 0 radical (unpaired) electrons. The van der Waals surface area contributed by atoms with Crippen LogP contribution in [-0.2, 0) is 13.0 Å². The quantitative estimate of drug-likeness (QED) is 0.841. The second kappa shape index (κ2) is 7.77. The van der Waals surface area contributed by atoms with Gasteiger partial charge in [0.25, 0.3) is 5.91 Å². The van der Waals surface area contributed by atoms with Gasteiger partial charge in [-0.25, -0.2) is 4.79 Å². The largest absolute Gasteiger partial charge is 0.491 e. The third-order valence-electron chi connectivity index (χ3n) is 4.62. The minimum atomic E-state index is -0.549. The Morgan fingerprint density at radius 3 is 2.77 bits per heavy atom. The van der Waals surface area contributed by atoms with E-state index in [2.05, 4.69) is 13.8 Å². The molecule has 1 aromatic carbocycles. The van der Waals surface area contributed by atoms with Crippen LogP contribution in [-0.4, -0.2) is 24.0 Å². The normalized spacial score (nSPS) is 13.9. The van der Waals surface area contributed by atoms with Crippen molar-refractivity contribution in [2.75, 3.05) is 13.2 Å². The first kappa shape index (κ1) is 18.2. The van der Waals surface area contributed by atoms with Crippen molar-refractivity contribution in [3.05, 3.63) is 63.2 Å². The van der Waals surface area contributed by atoms with Crippen LogP contribution in [0.1, 0.15) is 47.5 Å². The zero-order valence-electron chi connectivity index (χ0n) is 15.6. The molecule has 1 aliphatic heterocycles. The smallest absolute Gasteiger partial charge is 0.349 e. The number of ether oxygens (including phenoxy) is 1. The van der Waals surface area contributed by atoms with Crippen molar-refractivity contribution in [1.29, 1.82) is 0 Å². The van der Waals surface area contributed by atoms with Crippen LogP contribution in [0.2, 0.25) is 0 Å². The van der Waals surface area contributed by atoms with E-state index >= 15 is 0 Å². The second-order valence-corrected chi connectivity index (χ2v) is 7.17. The van der Waals surface area contributed by atoms with Crippen LogP contribution in [0.15, 0.2) is 39.5 Å². The molecule has 0 saturated heterocycles. The maximum Gasteiger partial charge on any atom is 0.349 e. The summed E-state index contributed by atoms with van der Waals surface area (Å²) >= 11 is 0. The number of hydrogen-bond donors (Lipinski definition) is 0. The number of amides is 1. The zero-order chi connectivity index (χ0) is 18.7. The van der Waals surface area contributed by atoms with Gasteiger partial charge in [-0.2, -0.15) is 0 Å². The number of rotatable bonds is 4. The summed E-state index contributed by atoms with van der Waals surface area (Å²) in [4.78, 5) is 27.1. The van der Waals surface area contributed by atoms with Gasteiger partial charge in [-0.15, -0.1) is 0 Å². The number of hydrogen-bond acceptors (Lipinski definition) is 4. The van der Waals surface area contributed by atoms with E-state index in [1.54, 1.807) is 11.8 Å². The molecular formula is C21H25NO4. The number of para-hydroxylation sites is 1. The Labute approximate surface area is 153 Å². The first-order valence-corrected chi connectivity index (χ1v) is 9.09. The van der Waals surface area contributed by atoms with E-state index < -0.39 is 5.63 Å². The molecule has 0 unspecified atom stereocenters. The fourth-order valence-electron chi connectivity index (χ4n) is 3.14. The molecule has 0 aliphatic carbocycles. The summed E-state index contributed by atoms with van der Waals surface area (Å²) in [6.45, 7) is 7.31. The zero-order valence-corrected chi connectivity index (χ0v) is 15.6. The predicted molar refractivity (Wildman–Crippen MR) is 99.6 cm³/mol. The SMILES string of the molecule is Cc1cc(CCC(C)C)oc(=O)c1C(=O)N1CCOc2ccccc2C1. The van der Waals surface area contributed by atoms with Crippen molar-refractivity contribution in [3.8, 4) is 5.75 Å². The molecule has 0 fully saturated rings. The molecule has 138 valence electrons. The van der Waals surface area contributed by atoms with Gasteiger partial charge in [-0.1, -0.05) is 32.0 Å². The third kappa shape index (κ3) is 3.98. The van der Waals surface area contributed by atoms with Gasteiger partial charge in [0.1, 0.15) is 23.7 Å². The van der Waals surface area contributed by atoms with E-state index in [0.29, 0.717) is 43.4 Å². The highest BCUT2D eigenvalue weighted by molar-refractivity contribution is 5.95. The van der Waals surface area contributed by atoms with E-state index in [1.165, 1.54) is 0 Å². The molecule has 0 saturated carbocycles. The van der Waals surface area contributed by atoms with Gasteiger partial charge in [0.15, 0.2) is 0 Å². The van der Waals surface area contributed by atoms with Gasteiger partial charge in [-0.05, 0) is 37.0 Å². The van der Waals surface area contributed by atoms with Crippen molar-refractivity contribution in [2.24, 2.45) is 5.92 Å². The number of nitrogens with zero attached hydrogens (tertiary/aromatic N) is 1. The van der Waals surface area contributed by atoms with Crippen LogP contribution in [0, 0.1) is 12.8 Å². The van der Waals surface area contributed by atoms with Crippen molar-refractivity contribution in [1.82, 2.24) is 4.90 Å². The highest BCUT2D eigenvalue weighted by Crippen LogP contribution is 2.23. The highest BCUT2D eigenvalue weighted by Gasteiger charge is 2.25. The summed E-state index contributed by atoms with van der Waals surface area (Å²) in [7, 11) is 0. The summed E-state index contributed by atoms with van der Waals surface area (Å²) in [5.41, 5.74) is 1.18. The Morgan fingerprint density at radius 1 is 1.27 bits per heavy atom. The van der Waals surface area contributed by atoms with Crippen LogP contribution in [0.5, 0.6) is 5.75 Å². The van der Waals surface area contributed by atoms with Gasteiger partial charge >= 0.3 is 5.63 Å². The number of aryl methyl sites for hydroxylation is 2. The van der Waals surface area contributed by atoms with Crippen LogP contribution in [0.25, 0.3) is 0 Å². The van der Waals surface area contributed by atoms with Gasteiger partial charge in [-0.3, -0.25) is 4.79 Å². The maximum atomic E-state index is 13.0. The number of benzene rings is 1. The highest BCUT2D eigenvalue weighted by atomic mass is 16.5. The molecular weight excluding hydrogens is 330 g/mol. The minimum absolute atomic E-state index is 0.123. The molecule has 1 amide bonds. The van der Waals surface area contributed by atoms with Crippen molar-refractivity contribution >= 4 is 5.91 Å². The second-order valence-electron chi connectivity index (χ2n) is 7.17. The Hall–Kier alpha value is -2.56. The molecule has 1 aliphatic rings. The van der Waals surface area contributed by atoms with Gasteiger partial charge < -0.3 is 14.1 Å². The molecule has 5 nitrogen and oxygen atoms in total. The predicted octanol–water partition coefficient (Wildman–Crippen LogP) is 3.57. The molecule has 0 N–H and O–H groups in total. The third-order valence-corrected chi connectivity index (χ3v) is 4.62. The van der Waals surface area contributed by atoms with E-state index in [0.717, 1.165) is 17.7 Å². The van der Waals surface area contributed by atoms with E-state index in [9.17, 15) is 9.59 Å². The number of fused-ring (bicyclic) bond motifs is 1. The lowest BCUT2D eigenvalue weighted by atomic mass is 10.0. The van der Waals surface area contributed by atoms with Gasteiger partial charge in [0.2, 0.25) is 0 Å². The molecule has 26 heavy (non-hydrogen) atoms. The van der Waals surface area contributed by atoms with E-state index in [1.807, 2.05) is 30.3 Å². The fourth-order valence-corrected chi connectivity index (χ4v) is 3.14. The molecule has 2 aromatic rings. The average molecular weight is 355 g/mol. The standard InChI is InChI=1S/C21H25NO4/c1-14(2)8-9-17-12-15(3)19(21(24)26-17)20(23)22-10-11-25-18-7-5-4-6-16(18)13-22/h4-7,12,14H,8-11,13H2,1-3H3. The Morgan fingerprint density at radius 2 is 2.04 bits per heavy atom. The molecule has 5 heteroatoms. The van der Waals surface area contributed by atoms with Crippen LogP contribution in [0.4, 0.5) is 0 Å². The van der Waals surface area contributed by atoms with Gasteiger partial charge in [0.05, 0.1) is 6.54 Å². The maximum absolute atomic E-state index is 13.0. The first-order chi connectivity index (χ1) is 12.5. The van der Waals surface area contributed by atoms with Crippen LogP contribution in [0.3, 0.4) is 0 Å². The number of carbonyl (C=O) groups is 1. The molecule has 1 aromatic heterocycles. The van der Waals surface area contributed by atoms with Crippen molar-refractivity contribution in [2.45, 2.75) is 40.2 Å². The van der Waals surface area contributed by atoms with E-state index in [-0.39, 0.29) is 11.5 Å². The van der Waals surface area contributed by atoms with Crippen molar-refractivity contribution in [3.63, 3.8) is 0 Å². The van der Waals surface area contributed by atoms with E-state index in [4.69, 9.17) is 9.15 Å². The summed E-state index contributed by atoms with van der Waals surface area (Å²) in [6, 6.07) is 9.47. The summed E-state index contributed by atoms with van der Waals surface area (Å²) in [5, 5.41) is 0. The number of carbonyl (C=O) groups excluding carboxylic acids is 1. The van der Waals surface area contributed by atoms with Crippen LogP contribution < -0.4 is 10.4 Å². The summed E-state index contributed by atoms with van der Waals surface area (Å²) in [5.74, 6) is 1.66. The lowest BCUT2D eigenvalue weighted by Gasteiger charge is -2.20. The van der Waals surface area contributed by atoms with Gasteiger partial charge in [0, 0.05) is 18.5 Å². The lowest BCUT2D eigenvalue weighted by molar-refractivity contribution is 0.0727. The lowest BCUT2D eigenvalue weighted by Crippen LogP contribution is -2.36. The Balaban J connectivity index is 1.84. The molecule has 2 heterocycles. The first-order valence-electron chi connectivity index (χ1n) is 9.09. The average Bonchev–Trinajstić information content (AvgIpc) is 2.81. The summed E-state index contributed by atoms with van der Waals surface area (Å²) < 4.78 is 11.1. The summed E-state index contributed by atoms with van der Waals surface area (Å²) in [6.07, 6.45) is 1.64. The topological polar surface area (TPSA) is 59.8 Å². The molecule has 3 rings (SSSR count). The fraction of sp³-hybridized carbons (Fsp3) is 0.429. The Bertz CT molecular complexity index is 853. The molecule has 0 atom stereocenters. The van der Waals surface area contributed by atoms with Crippen LogP contribution >= 0.6 is 0 Å². The van der Waals surface area contributed by atoms with Crippen molar-refractivity contribution < 1.29 is 13.9 Å². The monoisotopic (exact) mass is 355 g/mol. The molecule has 0 spiro atoms. The Kier molecular flexibility index (Phi) is 5.45.